The second-order valence-corrected chi connectivity index (χ2v) is 11.0. The van der Waals surface area contributed by atoms with Crippen molar-refractivity contribution in [2.24, 2.45) is 5.41 Å². The number of unbranched alkanes of at least 4 members (excludes halogenated alkanes) is 1. The summed E-state index contributed by atoms with van der Waals surface area (Å²) >= 11 is 0. The fourth-order valence-corrected chi connectivity index (χ4v) is 3.18. The Morgan fingerprint density at radius 1 is 0.865 bits per heavy atom. The Morgan fingerprint density at radius 2 is 1.35 bits per heavy atom. The molecule has 2 unspecified atom stereocenters. The van der Waals surface area contributed by atoms with E-state index in [1.807, 2.05) is 0 Å². The maximum Gasteiger partial charge on any atom is 0.336 e. The molecule has 1 aromatic heterocycles. The van der Waals surface area contributed by atoms with E-state index >= 15 is 0 Å². The Balaban J connectivity index is 2.84. The average molecular weight is 528 g/mol. The lowest BCUT2D eigenvalue weighted by atomic mass is 9.89. The molecule has 12 nitrogen and oxygen atoms in total. The van der Waals surface area contributed by atoms with Gasteiger partial charge in [-0.05, 0) is 39.0 Å². The zero-order valence-corrected chi connectivity index (χ0v) is 22.7. The summed E-state index contributed by atoms with van der Waals surface area (Å²) in [7, 11) is 0. The molecule has 0 saturated carbocycles. The van der Waals surface area contributed by atoms with E-state index in [2.05, 4.69) is 6.58 Å². The normalized spacial score (nSPS) is 13.6. The van der Waals surface area contributed by atoms with E-state index < -0.39 is 59.4 Å². The van der Waals surface area contributed by atoms with Gasteiger partial charge in [-0.2, -0.15) is 0 Å². The molecule has 0 radical (unpaired) electrons. The summed E-state index contributed by atoms with van der Waals surface area (Å²) in [5.41, 5.74) is -4.07. The Bertz CT molecular complexity index is 1120. The van der Waals surface area contributed by atoms with Crippen LogP contribution in [0.3, 0.4) is 0 Å². The summed E-state index contributed by atoms with van der Waals surface area (Å²) in [6.07, 6.45) is -0.199. The van der Waals surface area contributed by atoms with E-state index in [1.54, 1.807) is 41.5 Å². The van der Waals surface area contributed by atoms with E-state index in [9.17, 15) is 34.2 Å². The molecule has 1 heterocycles. The van der Waals surface area contributed by atoms with Crippen LogP contribution in [0.2, 0.25) is 0 Å². The van der Waals surface area contributed by atoms with Crippen molar-refractivity contribution in [1.82, 2.24) is 13.7 Å². The predicted molar refractivity (Wildman–Crippen MR) is 136 cm³/mol. The van der Waals surface area contributed by atoms with Crippen LogP contribution in [0.5, 0.6) is 0 Å². The Morgan fingerprint density at radius 3 is 1.84 bits per heavy atom. The van der Waals surface area contributed by atoms with Gasteiger partial charge in [-0.15, -0.1) is 6.58 Å². The molecule has 0 bridgehead atoms. The van der Waals surface area contributed by atoms with Crippen LogP contribution in [0.1, 0.15) is 67.2 Å². The SMILES string of the molecule is C=CCn1c(=O)n(CC(O)COC(=O)CCCCC(=O)OC(C)(C)C)c(=O)n(CC(O)C(C)(C)C)c1=O. The minimum Gasteiger partial charge on any atom is -0.463 e. The van der Waals surface area contributed by atoms with Crippen molar-refractivity contribution in [3.63, 3.8) is 0 Å². The van der Waals surface area contributed by atoms with Crippen LogP contribution >= 0.6 is 0 Å². The molecule has 1 rings (SSSR count). The van der Waals surface area contributed by atoms with Gasteiger partial charge in [0.2, 0.25) is 0 Å². The molecule has 0 aliphatic rings. The standard InChI is InChI=1S/C25H41N3O9/c1-8-13-26-21(33)27(23(35)28(22(26)34)15-18(30)24(2,3)4)14-17(29)16-36-19(31)11-9-10-12-20(32)37-25(5,6)7/h8,17-18,29-30H,1,9-16H2,2-7H3. The van der Waals surface area contributed by atoms with E-state index in [0.29, 0.717) is 17.4 Å². The van der Waals surface area contributed by atoms with Crippen LogP contribution in [0.25, 0.3) is 0 Å². The van der Waals surface area contributed by atoms with Crippen LogP contribution in [0.15, 0.2) is 27.0 Å². The first-order chi connectivity index (χ1) is 17.0. The molecule has 0 aliphatic carbocycles. The number of aliphatic hydroxyl groups excluding tert-OH is 2. The molecule has 2 N–H and O–H groups in total. The molecule has 0 saturated heterocycles. The molecule has 37 heavy (non-hydrogen) atoms. The quantitative estimate of drug-likeness (QED) is 0.212. The molecule has 0 fully saturated rings. The predicted octanol–water partition coefficient (Wildman–Crippen LogP) is 0.571. The molecular weight excluding hydrogens is 486 g/mol. The second kappa shape index (κ2) is 13.5. The minimum atomic E-state index is -1.41. The molecular formula is C25H41N3O9. The highest BCUT2D eigenvalue weighted by Crippen LogP contribution is 2.19. The van der Waals surface area contributed by atoms with Crippen molar-refractivity contribution in [1.29, 1.82) is 0 Å². The largest absolute Gasteiger partial charge is 0.463 e. The van der Waals surface area contributed by atoms with Gasteiger partial charge in [-0.1, -0.05) is 26.8 Å². The lowest BCUT2D eigenvalue weighted by Crippen LogP contribution is -2.57. The van der Waals surface area contributed by atoms with Gasteiger partial charge < -0.3 is 19.7 Å². The number of nitrogens with zero attached hydrogens (tertiary/aromatic N) is 3. The van der Waals surface area contributed by atoms with Crippen LogP contribution in [0, 0.1) is 5.41 Å². The number of rotatable bonds is 13. The third-order valence-corrected chi connectivity index (χ3v) is 5.31. The number of hydrogen-bond donors (Lipinski definition) is 2. The number of esters is 2. The van der Waals surface area contributed by atoms with Crippen molar-refractivity contribution in [3.8, 4) is 0 Å². The number of aliphatic hydroxyl groups is 2. The molecule has 1 aromatic rings. The zero-order valence-electron chi connectivity index (χ0n) is 22.7. The van der Waals surface area contributed by atoms with Gasteiger partial charge in [0.1, 0.15) is 18.3 Å². The summed E-state index contributed by atoms with van der Waals surface area (Å²) in [5, 5.41) is 20.8. The van der Waals surface area contributed by atoms with Gasteiger partial charge in [0.05, 0.1) is 25.7 Å². The van der Waals surface area contributed by atoms with Gasteiger partial charge in [0.15, 0.2) is 0 Å². The fraction of sp³-hybridized carbons (Fsp3) is 0.720. The number of hydrogen-bond acceptors (Lipinski definition) is 9. The summed E-state index contributed by atoms with van der Waals surface area (Å²) < 4.78 is 12.4. The highest BCUT2D eigenvalue weighted by Gasteiger charge is 2.26. The number of carbonyl (C=O) groups excluding carboxylic acids is 2. The van der Waals surface area contributed by atoms with Gasteiger partial charge in [0.25, 0.3) is 0 Å². The zero-order chi connectivity index (χ0) is 28.6. The van der Waals surface area contributed by atoms with Crippen LogP contribution in [-0.2, 0) is 38.7 Å². The van der Waals surface area contributed by atoms with Gasteiger partial charge in [-0.25, -0.2) is 28.1 Å². The lowest BCUT2D eigenvalue weighted by Gasteiger charge is -2.26. The topological polar surface area (TPSA) is 159 Å². The first kappa shape index (κ1) is 32.0. The Hall–Kier alpha value is -2.99. The summed E-state index contributed by atoms with van der Waals surface area (Å²) in [5.74, 6) is -0.974. The maximum atomic E-state index is 12.9. The summed E-state index contributed by atoms with van der Waals surface area (Å²) in [6, 6.07) is 0. The number of aromatic nitrogens is 3. The van der Waals surface area contributed by atoms with E-state index in [4.69, 9.17) is 9.47 Å². The van der Waals surface area contributed by atoms with Crippen LogP contribution in [0.4, 0.5) is 0 Å². The highest BCUT2D eigenvalue weighted by molar-refractivity contribution is 5.70. The Kier molecular flexibility index (Phi) is 11.7. The van der Waals surface area contributed by atoms with Crippen LogP contribution < -0.4 is 17.1 Å². The molecule has 0 aliphatic heterocycles. The number of carbonyl (C=O) groups is 2. The monoisotopic (exact) mass is 527 g/mol. The fourth-order valence-electron chi connectivity index (χ4n) is 3.18. The van der Waals surface area contributed by atoms with Crippen molar-refractivity contribution in [3.05, 3.63) is 44.1 Å². The van der Waals surface area contributed by atoms with Crippen molar-refractivity contribution >= 4 is 11.9 Å². The third-order valence-electron chi connectivity index (χ3n) is 5.31. The number of allylic oxidation sites excluding steroid dienone is 1. The minimum absolute atomic E-state index is 0.0111. The lowest BCUT2D eigenvalue weighted by molar-refractivity contribution is -0.155. The molecule has 0 spiro atoms. The highest BCUT2D eigenvalue weighted by atomic mass is 16.6. The average Bonchev–Trinajstić information content (AvgIpc) is 2.76. The Labute approximate surface area is 216 Å². The third kappa shape index (κ3) is 10.5. The van der Waals surface area contributed by atoms with Crippen molar-refractivity contribution < 1.29 is 29.3 Å². The van der Waals surface area contributed by atoms with Crippen LogP contribution in [-0.4, -0.2) is 60.3 Å². The van der Waals surface area contributed by atoms with E-state index in [-0.39, 0.29) is 31.9 Å². The smallest absolute Gasteiger partial charge is 0.336 e. The molecule has 2 atom stereocenters. The molecule has 12 heteroatoms. The van der Waals surface area contributed by atoms with Gasteiger partial charge >= 0.3 is 29.0 Å². The maximum absolute atomic E-state index is 12.9. The van der Waals surface area contributed by atoms with E-state index in [1.165, 1.54) is 6.08 Å². The number of ether oxygens (including phenoxy) is 2. The van der Waals surface area contributed by atoms with Crippen molar-refractivity contribution in [2.45, 2.75) is 105 Å². The molecule has 0 aromatic carbocycles. The van der Waals surface area contributed by atoms with E-state index in [0.717, 1.165) is 9.13 Å². The van der Waals surface area contributed by atoms with Crippen molar-refractivity contribution in [2.75, 3.05) is 6.61 Å². The summed E-state index contributed by atoms with van der Waals surface area (Å²) in [6.45, 7) is 12.4. The van der Waals surface area contributed by atoms with Gasteiger partial charge in [-0.3, -0.25) is 9.59 Å². The second-order valence-electron chi connectivity index (χ2n) is 11.0. The molecule has 210 valence electrons. The van der Waals surface area contributed by atoms with Gasteiger partial charge in [0, 0.05) is 12.8 Å². The first-order valence-electron chi connectivity index (χ1n) is 12.3. The molecule has 0 amide bonds. The first-order valence-corrected chi connectivity index (χ1v) is 12.3. The summed E-state index contributed by atoms with van der Waals surface area (Å²) in [4.78, 5) is 62.1.